The Kier molecular flexibility index (Phi) is 2.98. The Bertz CT molecular complexity index is 314. The third-order valence-corrected chi connectivity index (χ3v) is 4.22. The first-order chi connectivity index (χ1) is 7.93. The van der Waals surface area contributed by atoms with Gasteiger partial charge in [0.05, 0.1) is 0 Å². The van der Waals surface area contributed by atoms with Crippen molar-refractivity contribution >= 4 is 5.71 Å². The van der Waals surface area contributed by atoms with Gasteiger partial charge in [0.15, 0.2) is 5.71 Å². The summed E-state index contributed by atoms with van der Waals surface area (Å²) in [5.74, 6) is 0. The van der Waals surface area contributed by atoms with Crippen molar-refractivity contribution in [3.05, 3.63) is 11.8 Å². The van der Waals surface area contributed by atoms with E-state index in [1.54, 1.807) is 11.4 Å². The molecule has 0 aromatic heterocycles. The van der Waals surface area contributed by atoms with Crippen molar-refractivity contribution in [2.75, 3.05) is 26.2 Å². The van der Waals surface area contributed by atoms with Crippen molar-refractivity contribution in [2.24, 2.45) is 0 Å². The largest absolute Gasteiger partial charge is 0.375 e. The molecule has 2 heteroatoms. The van der Waals surface area contributed by atoms with Crippen LogP contribution in [0.15, 0.2) is 11.8 Å². The van der Waals surface area contributed by atoms with Crippen LogP contribution in [0.3, 0.4) is 0 Å². The molecule has 0 aromatic carbocycles. The number of hydrogen-bond acceptors (Lipinski definition) is 1. The highest BCUT2D eigenvalue weighted by molar-refractivity contribution is 5.92. The fourth-order valence-electron chi connectivity index (χ4n) is 3.29. The van der Waals surface area contributed by atoms with Gasteiger partial charge in [0.25, 0.3) is 0 Å². The van der Waals surface area contributed by atoms with Crippen LogP contribution in [0.1, 0.15) is 44.9 Å². The second kappa shape index (κ2) is 4.60. The highest BCUT2D eigenvalue weighted by Crippen LogP contribution is 2.24. The van der Waals surface area contributed by atoms with Gasteiger partial charge >= 0.3 is 0 Å². The summed E-state index contributed by atoms with van der Waals surface area (Å²) in [5, 5.41) is 0. The van der Waals surface area contributed by atoms with E-state index in [0.717, 1.165) is 0 Å². The van der Waals surface area contributed by atoms with Gasteiger partial charge in [0.1, 0.15) is 13.1 Å². The second-order valence-corrected chi connectivity index (χ2v) is 5.37. The van der Waals surface area contributed by atoms with Gasteiger partial charge in [-0.25, -0.2) is 4.58 Å². The van der Waals surface area contributed by atoms with E-state index in [2.05, 4.69) is 15.6 Å². The maximum atomic E-state index is 2.62. The topological polar surface area (TPSA) is 6.25 Å². The minimum atomic E-state index is 1.30. The number of hydrogen-bond donors (Lipinski definition) is 0. The molecule has 3 aliphatic rings. The van der Waals surface area contributed by atoms with Gasteiger partial charge in [-0.05, 0) is 25.7 Å². The van der Waals surface area contributed by atoms with Crippen LogP contribution in [0.25, 0.3) is 0 Å². The lowest BCUT2D eigenvalue weighted by Crippen LogP contribution is -2.25. The molecule has 2 heterocycles. The molecule has 0 atom stereocenters. The van der Waals surface area contributed by atoms with Crippen LogP contribution in [0.5, 0.6) is 0 Å². The fraction of sp³-hybridized carbons (Fsp3) is 0.786. The summed E-state index contributed by atoms with van der Waals surface area (Å²) >= 11 is 0. The Morgan fingerprint density at radius 3 is 2.38 bits per heavy atom. The quantitative estimate of drug-likeness (QED) is 0.614. The van der Waals surface area contributed by atoms with Gasteiger partial charge < -0.3 is 4.90 Å². The van der Waals surface area contributed by atoms with Gasteiger partial charge in [-0.15, -0.1) is 0 Å². The van der Waals surface area contributed by atoms with E-state index < -0.39 is 0 Å². The van der Waals surface area contributed by atoms with Crippen LogP contribution < -0.4 is 0 Å². The summed E-state index contributed by atoms with van der Waals surface area (Å²) in [5.41, 5.74) is 3.26. The Hall–Kier alpha value is -0.790. The molecule has 2 saturated heterocycles. The Morgan fingerprint density at radius 2 is 1.62 bits per heavy atom. The zero-order chi connectivity index (χ0) is 10.8. The maximum absolute atomic E-state index is 2.62. The first-order valence-electron chi connectivity index (χ1n) is 7.00. The van der Waals surface area contributed by atoms with Crippen molar-refractivity contribution in [3.8, 4) is 0 Å². The third kappa shape index (κ3) is 2.02. The van der Waals surface area contributed by atoms with E-state index >= 15 is 0 Å². The van der Waals surface area contributed by atoms with Crippen LogP contribution >= 0.6 is 0 Å². The molecule has 3 rings (SSSR count). The van der Waals surface area contributed by atoms with Crippen molar-refractivity contribution < 1.29 is 4.58 Å². The lowest BCUT2D eigenvalue weighted by Gasteiger charge is -2.24. The SMILES string of the molecule is C1=C(N2CCCC2)CCCC1=[N+]1CCCC1. The maximum Gasteiger partial charge on any atom is 0.177 e. The van der Waals surface area contributed by atoms with Gasteiger partial charge in [-0.3, -0.25) is 0 Å². The number of rotatable bonds is 1. The van der Waals surface area contributed by atoms with Gasteiger partial charge in [-0.1, -0.05) is 0 Å². The molecule has 2 fully saturated rings. The average Bonchev–Trinajstić information content (AvgIpc) is 3.03. The highest BCUT2D eigenvalue weighted by atomic mass is 15.2. The molecule has 0 spiro atoms. The summed E-state index contributed by atoms with van der Waals surface area (Å²) in [6, 6.07) is 0. The standard InChI is InChI=1S/C14H23N2/c1-2-9-15(8-1)13-6-5-7-14(12-13)16-10-3-4-11-16/h12H,1-11H2/q+1. The third-order valence-electron chi connectivity index (χ3n) is 4.22. The number of allylic oxidation sites excluding steroid dienone is 2. The molecule has 0 amide bonds. The van der Waals surface area contributed by atoms with Crippen LogP contribution in [0, 0.1) is 0 Å². The highest BCUT2D eigenvalue weighted by Gasteiger charge is 2.24. The molecular weight excluding hydrogens is 196 g/mol. The van der Waals surface area contributed by atoms with Crippen LogP contribution in [0.4, 0.5) is 0 Å². The number of likely N-dealkylation sites (tertiary alicyclic amines) is 1. The summed E-state index contributed by atoms with van der Waals surface area (Å²) < 4.78 is 2.62. The first-order valence-corrected chi connectivity index (χ1v) is 7.00. The molecule has 2 nitrogen and oxygen atoms in total. The predicted molar refractivity (Wildman–Crippen MR) is 67.0 cm³/mol. The Balaban J connectivity index is 1.80. The molecule has 2 aliphatic heterocycles. The van der Waals surface area contributed by atoms with Crippen molar-refractivity contribution in [2.45, 2.75) is 44.9 Å². The van der Waals surface area contributed by atoms with Gasteiger partial charge in [-0.2, -0.15) is 0 Å². The number of nitrogens with zero attached hydrogens (tertiary/aromatic N) is 2. The first kappa shape index (κ1) is 10.4. The summed E-state index contributed by atoms with van der Waals surface area (Å²) in [4.78, 5) is 2.62. The van der Waals surface area contributed by atoms with Crippen LogP contribution in [0.2, 0.25) is 0 Å². The molecule has 88 valence electrons. The van der Waals surface area contributed by atoms with Crippen LogP contribution in [-0.4, -0.2) is 41.4 Å². The van der Waals surface area contributed by atoms with E-state index in [0.29, 0.717) is 0 Å². The van der Waals surface area contributed by atoms with Crippen molar-refractivity contribution in [3.63, 3.8) is 0 Å². The average molecular weight is 219 g/mol. The molecule has 0 unspecified atom stereocenters. The Morgan fingerprint density at radius 1 is 0.875 bits per heavy atom. The molecular formula is C14H23N2+. The minimum absolute atomic E-state index is 1.30. The molecule has 0 radical (unpaired) electrons. The van der Waals surface area contributed by atoms with E-state index in [4.69, 9.17) is 0 Å². The lowest BCUT2D eigenvalue weighted by molar-refractivity contribution is -0.506. The normalized spacial score (nSPS) is 26.5. The molecule has 0 saturated carbocycles. The molecule has 0 bridgehead atoms. The lowest BCUT2D eigenvalue weighted by atomic mass is 10.0. The van der Waals surface area contributed by atoms with E-state index in [-0.39, 0.29) is 0 Å². The smallest absolute Gasteiger partial charge is 0.177 e. The summed E-state index contributed by atoms with van der Waals surface area (Å²) in [7, 11) is 0. The van der Waals surface area contributed by atoms with Crippen LogP contribution in [-0.2, 0) is 0 Å². The predicted octanol–water partition coefficient (Wildman–Crippen LogP) is 2.40. The second-order valence-electron chi connectivity index (χ2n) is 5.37. The summed E-state index contributed by atoms with van der Waals surface area (Å²) in [6.07, 6.45) is 12.1. The van der Waals surface area contributed by atoms with E-state index in [9.17, 15) is 0 Å². The fourth-order valence-corrected chi connectivity index (χ4v) is 3.29. The molecule has 0 aromatic rings. The molecule has 1 aliphatic carbocycles. The molecule has 16 heavy (non-hydrogen) atoms. The zero-order valence-electron chi connectivity index (χ0n) is 10.2. The van der Waals surface area contributed by atoms with Gasteiger partial charge in [0, 0.05) is 44.1 Å². The van der Waals surface area contributed by atoms with Gasteiger partial charge in [0.2, 0.25) is 0 Å². The summed E-state index contributed by atoms with van der Waals surface area (Å²) in [6.45, 7) is 5.22. The monoisotopic (exact) mass is 219 g/mol. The van der Waals surface area contributed by atoms with Crippen molar-refractivity contribution in [1.29, 1.82) is 0 Å². The van der Waals surface area contributed by atoms with E-state index in [1.165, 1.54) is 71.1 Å². The van der Waals surface area contributed by atoms with Crippen molar-refractivity contribution in [1.82, 2.24) is 4.90 Å². The molecule has 0 N–H and O–H groups in total. The van der Waals surface area contributed by atoms with E-state index in [1.807, 2.05) is 0 Å². The minimum Gasteiger partial charge on any atom is -0.375 e. The zero-order valence-corrected chi connectivity index (χ0v) is 10.2. The Labute approximate surface area is 98.6 Å².